The lowest BCUT2D eigenvalue weighted by Gasteiger charge is -2.22. The molecule has 2 heterocycles. The second kappa shape index (κ2) is 5.30. The SMILES string of the molecule is Cc1nc(CC2CCCCO2)nc(N)c1C(N)=O. The lowest BCUT2D eigenvalue weighted by Crippen LogP contribution is -2.24. The Balaban J connectivity index is 2.17. The van der Waals surface area contributed by atoms with Gasteiger partial charge in [-0.2, -0.15) is 0 Å². The molecular weight excluding hydrogens is 232 g/mol. The first-order valence-electron chi connectivity index (χ1n) is 6.12. The van der Waals surface area contributed by atoms with Crippen LogP contribution in [0.3, 0.4) is 0 Å². The molecule has 1 aromatic heterocycles. The van der Waals surface area contributed by atoms with Crippen LogP contribution >= 0.6 is 0 Å². The molecule has 0 radical (unpaired) electrons. The molecule has 0 spiro atoms. The molecule has 0 bridgehead atoms. The Labute approximate surface area is 106 Å². The van der Waals surface area contributed by atoms with Gasteiger partial charge in [0.1, 0.15) is 17.2 Å². The Kier molecular flexibility index (Phi) is 3.76. The van der Waals surface area contributed by atoms with Crippen molar-refractivity contribution in [2.75, 3.05) is 12.3 Å². The summed E-state index contributed by atoms with van der Waals surface area (Å²) in [4.78, 5) is 19.6. The van der Waals surface area contributed by atoms with Crippen molar-refractivity contribution in [3.05, 3.63) is 17.1 Å². The number of carbonyl (C=O) groups excluding carboxylic acids is 1. The Hall–Kier alpha value is -1.69. The second-order valence-corrected chi connectivity index (χ2v) is 4.54. The van der Waals surface area contributed by atoms with Crippen LogP contribution in [0.4, 0.5) is 5.82 Å². The fraction of sp³-hybridized carbons (Fsp3) is 0.583. The Bertz CT molecular complexity index is 432. The molecule has 18 heavy (non-hydrogen) atoms. The van der Waals surface area contributed by atoms with Gasteiger partial charge in [-0.3, -0.25) is 4.79 Å². The second-order valence-electron chi connectivity index (χ2n) is 4.54. The van der Waals surface area contributed by atoms with Crippen LogP contribution in [-0.2, 0) is 11.2 Å². The normalized spacial score (nSPS) is 19.7. The highest BCUT2D eigenvalue weighted by molar-refractivity contribution is 5.98. The summed E-state index contributed by atoms with van der Waals surface area (Å²) in [5, 5.41) is 0. The summed E-state index contributed by atoms with van der Waals surface area (Å²) in [6, 6.07) is 0. The van der Waals surface area contributed by atoms with Gasteiger partial charge in [0.25, 0.3) is 5.91 Å². The first-order chi connectivity index (χ1) is 8.58. The van der Waals surface area contributed by atoms with Crippen LogP contribution in [0, 0.1) is 6.92 Å². The number of carbonyl (C=O) groups is 1. The third kappa shape index (κ3) is 2.76. The minimum atomic E-state index is -0.592. The minimum Gasteiger partial charge on any atom is -0.383 e. The van der Waals surface area contributed by atoms with Crippen molar-refractivity contribution in [3.8, 4) is 0 Å². The number of ether oxygens (including phenoxy) is 1. The summed E-state index contributed by atoms with van der Waals surface area (Å²) in [6.07, 6.45) is 4.07. The van der Waals surface area contributed by atoms with Gasteiger partial charge in [-0.1, -0.05) is 0 Å². The molecule has 2 rings (SSSR count). The summed E-state index contributed by atoms with van der Waals surface area (Å²) in [6.45, 7) is 2.50. The zero-order valence-corrected chi connectivity index (χ0v) is 10.5. The van der Waals surface area contributed by atoms with E-state index in [1.807, 2.05) is 0 Å². The first-order valence-corrected chi connectivity index (χ1v) is 6.12. The van der Waals surface area contributed by atoms with Gasteiger partial charge in [0, 0.05) is 13.0 Å². The van der Waals surface area contributed by atoms with Gasteiger partial charge < -0.3 is 16.2 Å². The molecular formula is C12H18N4O2. The van der Waals surface area contributed by atoms with Gasteiger partial charge in [-0.15, -0.1) is 0 Å². The van der Waals surface area contributed by atoms with E-state index < -0.39 is 5.91 Å². The predicted octanol–water partition coefficient (Wildman–Crippen LogP) is 0.578. The maximum Gasteiger partial charge on any atom is 0.254 e. The van der Waals surface area contributed by atoms with E-state index in [2.05, 4.69) is 9.97 Å². The molecule has 1 atom stereocenters. The van der Waals surface area contributed by atoms with Crippen molar-refractivity contribution in [3.63, 3.8) is 0 Å². The van der Waals surface area contributed by atoms with E-state index >= 15 is 0 Å². The van der Waals surface area contributed by atoms with Crippen molar-refractivity contribution < 1.29 is 9.53 Å². The van der Waals surface area contributed by atoms with Gasteiger partial charge in [0.2, 0.25) is 0 Å². The average molecular weight is 250 g/mol. The van der Waals surface area contributed by atoms with Gasteiger partial charge in [0.05, 0.1) is 11.8 Å². The molecule has 98 valence electrons. The molecule has 1 aliphatic heterocycles. The summed E-state index contributed by atoms with van der Waals surface area (Å²) >= 11 is 0. The molecule has 1 aliphatic rings. The Morgan fingerprint density at radius 1 is 1.44 bits per heavy atom. The molecule has 1 amide bonds. The lowest BCUT2D eigenvalue weighted by atomic mass is 10.1. The molecule has 1 saturated heterocycles. The number of nitrogen functional groups attached to an aromatic ring is 1. The third-order valence-electron chi connectivity index (χ3n) is 3.09. The van der Waals surface area contributed by atoms with E-state index in [9.17, 15) is 4.79 Å². The fourth-order valence-electron chi connectivity index (χ4n) is 2.22. The van der Waals surface area contributed by atoms with Gasteiger partial charge >= 0.3 is 0 Å². The number of amides is 1. The van der Waals surface area contributed by atoms with Crippen LogP contribution in [0.2, 0.25) is 0 Å². The summed E-state index contributed by atoms with van der Waals surface area (Å²) in [5.74, 6) is 0.174. The number of aryl methyl sites for hydroxylation is 1. The number of nitrogens with two attached hydrogens (primary N) is 2. The molecule has 1 aromatic rings. The summed E-state index contributed by atoms with van der Waals surface area (Å²) in [5.41, 5.74) is 11.7. The third-order valence-corrected chi connectivity index (χ3v) is 3.09. The summed E-state index contributed by atoms with van der Waals surface area (Å²) in [7, 11) is 0. The monoisotopic (exact) mass is 250 g/mol. The molecule has 0 aliphatic carbocycles. The zero-order valence-electron chi connectivity index (χ0n) is 10.5. The van der Waals surface area contributed by atoms with E-state index in [-0.39, 0.29) is 17.5 Å². The number of hydrogen-bond donors (Lipinski definition) is 2. The summed E-state index contributed by atoms with van der Waals surface area (Å²) < 4.78 is 5.63. The van der Waals surface area contributed by atoms with Crippen LogP contribution in [0.15, 0.2) is 0 Å². The molecule has 6 heteroatoms. The van der Waals surface area contributed by atoms with E-state index in [4.69, 9.17) is 16.2 Å². The van der Waals surface area contributed by atoms with Gasteiger partial charge in [-0.25, -0.2) is 9.97 Å². The molecule has 6 nitrogen and oxygen atoms in total. The maximum absolute atomic E-state index is 11.2. The number of rotatable bonds is 3. The highest BCUT2D eigenvalue weighted by atomic mass is 16.5. The topological polar surface area (TPSA) is 104 Å². The smallest absolute Gasteiger partial charge is 0.254 e. The Morgan fingerprint density at radius 3 is 2.78 bits per heavy atom. The lowest BCUT2D eigenvalue weighted by molar-refractivity contribution is 0.0156. The first kappa shape index (κ1) is 12.8. The largest absolute Gasteiger partial charge is 0.383 e. The average Bonchev–Trinajstić information content (AvgIpc) is 2.28. The maximum atomic E-state index is 11.2. The van der Waals surface area contributed by atoms with Crippen molar-refractivity contribution in [2.45, 2.75) is 38.7 Å². The van der Waals surface area contributed by atoms with Crippen LogP contribution in [0.25, 0.3) is 0 Å². The van der Waals surface area contributed by atoms with Crippen molar-refractivity contribution >= 4 is 11.7 Å². The quantitative estimate of drug-likeness (QED) is 0.816. The Morgan fingerprint density at radius 2 is 2.22 bits per heavy atom. The van der Waals surface area contributed by atoms with Gasteiger partial charge in [0.15, 0.2) is 0 Å². The number of nitrogens with zero attached hydrogens (tertiary/aromatic N) is 2. The zero-order chi connectivity index (χ0) is 13.1. The number of aromatic nitrogens is 2. The van der Waals surface area contributed by atoms with Crippen molar-refractivity contribution in [2.24, 2.45) is 5.73 Å². The highest BCUT2D eigenvalue weighted by Gasteiger charge is 2.19. The number of primary amides is 1. The van der Waals surface area contributed by atoms with E-state index in [1.165, 1.54) is 6.42 Å². The van der Waals surface area contributed by atoms with E-state index in [1.54, 1.807) is 6.92 Å². The van der Waals surface area contributed by atoms with Crippen LogP contribution in [0.5, 0.6) is 0 Å². The van der Waals surface area contributed by atoms with Crippen molar-refractivity contribution in [1.29, 1.82) is 0 Å². The highest BCUT2D eigenvalue weighted by Crippen LogP contribution is 2.18. The molecule has 0 saturated carbocycles. The molecule has 1 fully saturated rings. The van der Waals surface area contributed by atoms with Crippen LogP contribution < -0.4 is 11.5 Å². The van der Waals surface area contributed by atoms with Gasteiger partial charge in [-0.05, 0) is 26.2 Å². The van der Waals surface area contributed by atoms with Crippen LogP contribution in [0.1, 0.15) is 41.1 Å². The number of hydrogen-bond acceptors (Lipinski definition) is 5. The molecule has 4 N–H and O–H groups in total. The molecule has 0 aromatic carbocycles. The predicted molar refractivity (Wildman–Crippen MR) is 67.0 cm³/mol. The fourth-order valence-corrected chi connectivity index (χ4v) is 2.22. The van der Waals surface area contributed by atoms with E-state index in [0.717, 1.165) is 19.4 Å². The molecule has 1 unspecified atom stereocenters. The van der Waals surface area contributed by atoms with E-state index in [0.29, 0.717) is 17.9 Å². The van der Waals surface area contributed by atoms with Crippen LogP contribution in [-0.4, -0.2) is 28.6 Å². The minimum absolute atomic E-state index is 0.150. The standard InChI is InChI=1S/C12H18N4O2/c1-7-10(12(14)17)11(13)16-9(15-7)6-8-4-2-3-5-18-8/h8H,2-6H2,1H3,(H2,14,17)(H2,13,15,16). The van der Waals surface area contributed by atoms with Crippen molar-refractivity contribution in [1.82, 2.24) is 9.97 Å². The number of anilines is 1.